The van der Waals surface area contributed by atoms with E-state index in [1.807, 2.05) is 25.3 Å². The number of ether oxygens (including phenoxy) is 1. The highest BCUT2D eigenvalue weighted by Gasteiger charge is 2.11. The van der Waals surface area contributed by atoms with Gasteiger partial charge in [0.15, 0.2) is 0 Å². The van der Waals surface area contributed by atoms with E-state index in [9.17, 15) is 4.79 Å². The maximum absolute atomic E-state index is 11.4. The first kappa shape index (κ1) is 8.81. The number of aryl methyl sites for hydroxylation is 1. The molecule has 0 saturated heterocycles. The van der Waals surface area contributed by atoms with Gasteiger partial charge in [0, 0.05) is 11.6 Å². The molecule has 0 radical (unpaired) electrons. The molecule has 3 heteroatoms. The Bertz CT molecular complexity index is 485. The summed E-state index contributed by atoms with van der Waals surface area (Å²) in [5.41, 5.74) is 2.56. The van der Waals surface area contributed by atoms with Gasteiger partial charge < -0.3 is 9.72 Å². The average molecular weight is 189 g/mol. The highest BCUT2D eigenvalue weighted by Crippen LogP contribution is 2.21. The molecule has 2 aromatic rings. The highest BCUT2D eigenvalue weighted by molar-refractivity contribution is 6.03. The molecule has 1 aromatic carbocycles. The quantitative estimate of drug-likeness (QED) is 0.699. The summed E-state index contributed by atoms with van der Waals surface area (Å²) in [6, 6.07) is 5.59. The van der Waals surface area contributed by atoms with Crippen LogP contribution in [0.3, 0.4) is 0 Å². The summed E-state index contributed by atoms with van der Waals surface area (Å²) < 4.78 is 4.69. The first-order valence-electron chi connectivity index (χ1n) is 4.39. The van der Waals surface area contributed by atoms with Crippen LogP contribution in [0, 0.1) is 6.92 Å². The minimum absolute atomic E-state index is 0.308. The third-order valence-electron chi connectivity index (χ3n) is 2.33. The lowest BCUT2D eigenvalue weighted by Crippen LogP contribution is -2.01. The van der Waals surface area contributed by atoms with Gasteiger partial charge >= 0.3 is 5.97 Å². The lowest BCUT2D eigenvalue weighted by atomic mass is 10.1. The summed E-state index contributed by atoms with van der Waals surface area (Å²) in [4.78, 5) is 14.5. The molecule has 2 rings (SSSR count). The third kappa shape index (κ3) is 1.18. The van der Waals surface area contributed by atoms with E-state index in [4.69, 9.17) is 4.74 Å². The van der Waals surface area contributed by atoms with Gasteiger partial charge in [-0.25, -0.2) is 4.79 Å². The van der Waals surface area contributed by atoms with E-state index in [0.29, 0.717) is 5.56 Å². The van der Waals surface area contributed by atoms with E-state index >= 15 is 0 Å². The number of carbonyl (C=O) groups is 1. The smallest absolute Gasteiger partial charge is 0.339 e. The molecule has 0 unspecified atom stereocenters. The maximum atomic E-state index is 11.4. The van der Waals surface area contributed by atoms with Crippen LogP contribution < -0.4 is 0 Å². The van der Waals surface area contributed by atoms with Crippen LogP contribution >= 0.6 is 0 Å². The van der Waals surface area contributed by atoms with Crippen molar-refractivity contribution >= 4 is 16.9 Å². The molecule has 14 heavy (non-hydrogen) atoms. The predicted octanol–water partition coefficient (Wildman–Crippen LogP) is 2.26. The Hall–Kier alpha value is -1.77. The molecule has 0 aliphatic heterocycles. The SMILES string of the molecule is COC(=O)c1cccc2c(C)c[nH]c12. The highest BCUT2D eigenvalue weighted by atomic mass is 16.5. The topological polar surface area (TPSA) is 42.1 Å². The van der Waals surface area contributed by atoms with Crippen LogP contribution in [-0.2, 0) is 4.74 Å². The van der Waals surface area contributed by atoms with Crippen LogP contribution in [0.1, 0.15) is 15.9 Å². The van der Waals surface area contributed by atoms with Crippen LogP contribution in [0.15, 0.2) is 24.4 Å². The Morgan fingerprint density at radius 3 is 2.93 bits per heavy atom. The third-order valence-corrected chi connectivity index (χ3v) is 2.33. The van der Waals surface area contributed by atoms with E-state index in [-0.39, 0.29) is 5.97 Å². The molecule has 0 atom stereocenters. The van der Waals surface area contributed by atoms with Gasteiger partial charge in [-0.2, -0.15) is 0 Å². The zero-order valence-corrected chi connectivity index (χ0v) is 8.13. The van der Waals surface area contributed by atoms with Crippen molar-refractivity contribution < 1.29 is 9.53 Å². The molecule has 3 nitrogen and oxygen atoms in total. The number of fused-ring (bicyclic) bond motifs is 1. The van der Waals surface area contributed by atoms with Crippen molar-refractivity contribution in [2.45, 2.75) is 6.92 Å². The molecule has 0 spiro atoms. The number of H-pyrrole nitrogens is 1. The molecule has 72 valence electrons. The Kier molecular flexibility index (Phi) is 2.00. The Morgan fingerprint density at radius 2 is 2.21 bits per heavy atom. The van der Waals surface area contributed by atoms with Crippen molar-refractivity contribution in [2.24, 2.45) is 0 Å². The monoisotopic (exact) mass is 189 g/mol. The predicted molar refractivity (Wildman–Crippen MR) is 54.4 cm³/mol. The van der Waals surface area contributed by atoms with Crippen molar-refractivity contribution in [3.63, 3.8) is 0 Å². The molecule has 1 heterocycles. The number of carbonyl (C=O) groups excluding carboxylic acids is 1. The van der Waals surface area contributed by atoms with Gasteiger partial charge in [-0.05, 0) is 18.6 Å². The standard InChI is InChI=1S/C11H11NO2/c1-7-6-12-10-8(7)4-3-5-9(10)11(13)14-2/h3-6,12H,1-2H3. The summed E-state index contributed by atoms with van der Waals surface area (Å²) in [7, 11) is 1.39. The summed E-state index contributed by atoms with van der Waals surface area (Å²) in [6.07, 6.45) is 1.89. The number of nitrogens with one attached hydrogen (secondary N) is 1. The zero-order chi connectivity index (χ0) is 10.1. The van der Waals surface area contributed by atoms with Crippen LogP contribution in [-0.4, -0.2) is 18.1 Å². The Balaban J connectivity index is 2.71. The van der Waals surface area contributed by atoms with Crippen LogP contribution in [0.4, 0.5) is 0 Å². The minimum Gasteiger partial charge on any atom is -0.465 e. The first-order chi connectivity index (χ1) is 6.74. The van der Waals surface area contributed by atoms with Gasteiger partial charge in [-0.3, -0.25) is 0 Å². The number of para-hydroxylation sites is 1. The van der Waals surface area contributed by atoms with Gasteiger partial charge in [0.05, 0.1) is 18.2 Å². The largest absolute Gasteiger partial charge is 0.465 e. The molecule has 1 aromatic heterocycles. The molecular formula is C11H11NO2. The molecular weight excluding hydrogens is 178 g/mol. The number of hydrogen-bond acceptors (Lipinski definition) is 2. The Labute approximate surface area is 81.7 Å². The van der Waals surface area contributed by atoms with Crippen molar-refractivity contribution in [1.29, 1.82) is 0 Å². The van der Waals surface area contributed by atoms with Gasteiger partial charge in [0.25, 0.3) is 0 Å². The summed E-state index contributed by atoms with van der Waals surface area (Å²) in [6.45, 7) is 2.00. The maximum Gasteiger partial charge on any atom is 0.339 e. The summed E-state index contributed by atoms with van der Waals surface area (Å²) in [5.74, 6) is -0.308. The fraction of sp³-hybridized carbons (Fsp3) is 0.182. The fourth-order valence-corrected chi connectivity index (χ4v) is 1.57. The number of esters is 1. The first-order valence-corrected chi connectivity index (χ1v) is 4.39. The molecule has 0 saturated carbocycles. The lowest BCUT2D eigenvalue weighted by Gasteiger charge is -2.00. The normalized spacial score (nSPS) is 10.4. The van der Waals surface area contributed by atoms with Crippen molar-refractivity contribution in [1.82, 2.24) is 4.98 Å². The number of methoxy groups -OCH3 is 1. The van der Waals surface area contributed by atoms with E-state index in [0.717, 1.165) is 16.5 Å². The second kappa shape index (κ2) is 3.18. The van der Waals surface area contributed by atoms with E-state index in [1.54, 1.807) is 6.07 Å². The summed E-state index contributed by atoms with van der Waals surface area (Å²) >= 11 is 0. The zero-order valence-electron chi connectivity index (χ0n) is 8.13. The number of aromatic amines is 1. The number of hydrogen-bond donors (Lipinski definition) is 1. The minimum atomic E-state index is -0.308. The number of benzene rings is 1. The second-order valence-electron chi connectivity index (χ2n) is 3.19. The number of rotatable bonds is 1. The molecule has 0 aliphatic rings. The van der Waals surface area contributed by atoms with Gasteiger partial charge in [-0.15, -0.1) is 0 Å². The van der Waals surface area contributed by atoms with Gasteiger partial charge in [-0.1, -0.05) is 12.1 Å². The molecule has 0 bridgehead atoms. The van der Waals surface area contributed by atoms with Crippen LogP contribution in [0.2, 0.25) is 0 Å². The van der Waals surface area contributed by atoms with E-state index < -0.39 is 0 Å². The average Bonchev–Trinajstić information content (AvgIpc) is 2.59. The molecule has 1 N–H and O–H groups in total. The second-order valence-corrected chi connectivity index (χ2v) is 3.19. The fourth-order valence-electron chi connectivity index (χ4n) is 1.57. The van der Waals surface area contributed by atoms with E-state index in [2.05, 4.69) is 4.98 Å². The number of aromatic nitrogens is 1. The van der Waals surface area contributed by atoms with Crippen LogP contribution in [0.5, 0.6) is 0 Å². The van der Waals surface area contributed by atoms with Crippen molar-refractivity contribution in [3.05, 3.63) is 35.5 Å². The lowest BCUT2D eigenvalue weighted by molar-refractivity contribution is 0.0603. The molecule has 0 fully saturated rings. The molecule has 0 amide bonds. The van der Waals surface area contributed by atoms with Crippen LogP contribution in [0.25, 0.3) is 10.9 Å². The van der Waals surface area contributed by atoms with Crippen molar-refractivity contribution in [3.8, 4) is 0 Å². The van der Waals surface area contributed by atoms with Crippen molar-refractivity contribution in [2.75, 3.05) is 7.11 Å². The summed E-state index contributed by atoms with van der Waals surface area (Å²) in [5, 5.41) is 1.06. The van der Waals surface area contributed by atoms with Gasteiger partial charge in [0.2, 0.25) is 0 Å². The van der Waals surface area contributed by atoms with E-state index in [1.165, 1.54) is 7.11 Å². The molecule has 0 aliphatic carbocycles. The Morgan fingerprint density at radius 1 is 1.43 bits per heavy atom. The van der Waals surface area contributed by atoms with Gasteiger partial charge in [0.1, 0.15) is 0 Å².